The third-order valence-corrected chi connectivity index (χ3v) is 2.83. The van der Waals surface area contributed by atoms with Crippen molar-refractivity contribution in [3.05, 3.63) is 35.1 Å². The maximum Gasteiger partial charge on any atom is 0.356 e. The van der Waals surface area contributed by atoms with Gasteiger partial charge in [0.05, 0.1) is 15.6 Å². The van der Waals surface area contributed by atoms with E-state index in [4.69, 9.17) is 5.11 Å². The Morgan fingerprint density at radius 1 is 1.47 bits per heavy atom. The number of rotatable bonds is 2. The molecule has 2 aromatic rings. The van der Waals surface area contributed by atoms with Crippen LogP contribution in [0.2, 0.25) is 0 Å². The van der Waals surface area contributed by atoms with Crippen molar-refractivity contribution in [1.82, 2.24) is 9.97 Å². The fourth-order valence-corrected chi connectivity index (χ4v) is 2.13. The number of thiazole rings is 1. The third-order valence-electron chi connectivity index (χ3n) is 1.83. The molecule has 5 heteroatoms. The molecule has 0 aliphatic rings. The number of pyridine rings is 1. The second-order valence-corrected chi connectivity index (χ2v) is 4.13. The molecular formula is C10H8N2O2S. The molecule has 2 rings (SSSR count). The van der Waals surface area contributed by atoms with Gasteiger partial charge in [-0.1, -0.05) is 6.07 Å². The lowest BCUT2D eigenvalue weighted by atomic mass is 10.2. The normalized spacial score (nSPS) is 10.2. The van der Waals surface area contributed by atoms with Crippen LogP contribution >= 0.6 is 11.3 Å². The van der Waals surface area contributed by atoms with Crippen LogP contribution in [-0.4, -0.2) is 21.0 Å². The van der Waals surface area contributed by atoms with Crippen LogP contribution in [-0.2, 0) is 0 Å². The summed E-state index contributed by atoms with van der Waals surface area (Å²) in [6.45, 7) is 1.78. The Labute approximate surface area is 90.3 Å². The first-order valence-corrected chi connectivity index (χ1v) is 5.12. The Kier molecular flexibility index (Phi) is 2.47. The second-order valence-electron chi connectivity index (χ2n) is 2.93. The Morgan fingerprint density at radius 2 is 2.27 bits per heavy atom. The molecule has 0 radical (unpaired) electrons. The van der Waals surface area contributed by atoms with Crippen molar-refractivity contribution in [3.63, 3.8) is 0 Å². The van der Waals surface area contributed by atoms with Crippen LogP contribution in [0.25, 0.3) is 10.6 Å². The van der Waals surface area contributed by atoms with Gasteiger partial charge in [0.1, 0.15) is 0 Å². The van der Waals surface area contributed by atoms with Crippen LogP contribution in [0.4, 0.5) is 0 Å². The molecule has 0 aromatic carbocycles. The predicted molar refractivity (Wildman–Crippen MR) is 57.0 cm³/mol. The van der Waals surface area contributed by atoms with Gasteiger partial charge in [0.2, 0.25) is 0 Å². The van der Waals surface area contributed by atoms with Gasteiger partial charge in [-0.05, 0) is 19.1 Å². The van der Waals surface area contributed by atoms with Crippen molar-refractivity contribution in [2.75, 3.05) is 0 Å². The standard InChI is InChI=1S/C10H8N2O2S/c1-6-12-8(10(13)14)9(15-6)7-4-2-3-5-11-7/h2-5H,1H3,(H,13,14). The molecule has 0 saturated heterocycles. The third kappa shape index (κ3) is 1.87. The van der Waals surface area contributed by atoms with Gasteiger partial charge < -0.3 is 5.11 Å². The molecule has 4 nitrogen and oxygen atoms in total. The van der Waals surface area contributed by atoms with Crippen LogP contribution in [0, 0.1) is 6.92 Å². The van der Waals surface area contributed by atoms with Crippen molar-refractivity contribution >= 4 is 17.3 Å². The van der Waals surface area contributed by atoms with Gasteiger partial charge in [0.25, 0.3) is 0 Å². The summed E-state index contributed by atoms with van der Waals surface area (Å²) in [5.74, 6) is -1.01. The van der Waals surface area contributed by atoms with Crippen LogP contribution in [0.1, 0.15) is 15.5 Å². The summed E-state index contributed by atoms with van der Waals surface area (Å²) in [5, 5.41) is 9.69. The predicted octanol–water partition coefficient (Wildman–Crippen LogP) is 2.21. The largest absolute Gasteiger partial charge is 0.476 e. The highest BCUT2D eigenvalue weighted by Crippen LogP contribution is 2.28. The summed E-state index contributed by atoms with van der Waals surface area (Å²) in [7, 11) is 0. The van der Waals surface area contributed by atoms with E-state index in [0.717, 1.165) is 5.01 Å². The van der Waals surface area contributed by atoms with Gasteiger partial charge >= 0.3 is 5.97 Å². The van der Waals surface area contributed by atoms with Crippen molar-refractivity contribution in [1.29, 1.82) is 0 Å². The number of aryl methyl sites for hydroxylation is 1. The summed E-state index contributed by atoms with van der Waals surface area (Å²) in [6, 6.07) is 5.39. The van der Waals surface area contributed by atoms with Gasteiger partial charge in [0.15, 0.2) is 5.69 Å². The maximum atomic E-state index is 10.9. The van der Waals surface area contributed by atoms with Gasteiger partial charge in [-0.15, -0.1) is 11.3 Å². The van der Waals surface area contributed by atoms with E-state index in [1.165, 1.54) is 11.3 Å². The molecule has 0 spiro atoms. The van der Waals surface area contributed by atoms with Crippen molar-refractivity contribution in [3.8, 4) is 10.6 Å². The van der Waals surface area contributed by atoms with Crippen LogP contribution in [0.5, 0.6) is 0 Å². The fourth-order valence-electron chi connectivity index (χ4n) is 1.24. The molecule has 76 valence electrons. The minimum atomic E-state index is -1.01. The zero-order valence-corrected chi connectivity index (χ0v) is 8.78. The van der Waals surface area contributed by atoms with Gasteiger partial charge in [-0.3, -0.25) is 4.98 Å². The van der Waals surface area contributed by atoms with Crippen molar-refractivity contribution < 1.29 is 9.90 Å². The number of hydrogen-bond donors (Lipinski definition) is 1. The minimum absolute atomic E-state index is 0.0798. The smallest absolute Gasteiger partial charge is 0.356 e. The topological polar surface area (TPSA) is 63.1 Å². The van der Waals surface area contributed by atoms with Crippen LogP contribution in [0.3, 0.4) is 0 Å². The van der Waals surface area contributed by atoms with Gasteiger partial charge in [0, 0.05) is 6.20 Å². The maximum absolute atomic E-state index is 10.9. The lowest BCUT2D eigenvalue weighted by Crippen LogP contribution is -1.99. The number of aromatic carboxylic acids is 1. The Balaban J connectivity index is 2.58. The van der Waals surface area contributed by atoms with E-state index in [-0.39, 0.29) is 5.69 Å². The molecule has 0 bridgehead atoms. The first-order valence-electron chi connectivity index (χ1n) is 4.30. The highest BCUT2D eigenvalue weighted by molar-refractivity contribution is 7.15. The zero-order valence-electron chi connectivity index (χ0n) is 7.97. The van der Waals surface area contributed by atoms with E-state index in [9.17, 15) is 4.79 Å². The number of carboxylic acid groups (broad SMARTS) is 1. The number of carbonyl (C=O) groups is 1. The molecule has 2 aromatic heterocycles. The van der Waals surface area contributed by atoms with E-state index in [1.54, 1.807) is 25.3 Å². The molecule has 0 aliphatic carbocycles. The lowest BCUT2D eigenvalue weighted by molar-refractivity contribution is 0.0692. The number of carboxylic acids is 1. The van der Waals surface area contributed by atoms with E-state index < -0.39 is 5.97 Å². The van der Waals surface area contributed by atoms with Crippen molar-refractivity contribution in [2.45, 2.75) is 6.92 Å². The van der Waals surface area contributed by atoms with E-state index in [1.807, 2.05) is 6.07 Å². The van der Waals surface area contributed by atoms with E-state index in [0.29, 0.717) is 10.6 Å². The highest BCUT2D eigenvalue weighted by atomic mass is 32.1. The minimum Gasteiger partial charge on any atom is -0.476 e. The Hall–Kier alpha value is -1.75. The molecular weight excluding hydrogens is 212 g/mol. The first kappa shape index (κ1) is 9.79. The molecule has 0 saturated carbocycles. The Morgan fingerprint density at radius 3 is 2.87 bits per heavy atom. The molecule has 2 heterocycles. The highest BCUT2D eigenvalue weighted by Gasteiger charge is 2.17. The molecule has 1 N–H and O–H groups in total. The summed E-state index contributed by atoms with van der Waals surface area (Å²) in [5.41, 5.74) is 0.733. The average molecular weight is 220 g/mol. The van der Waals surface area contributed by atoms with E-state index >= 15 is 0 Å². The summed E-state index contributed by atoms with van der Waals surface area (Å²) >= 11 is 1.34. The molecule has 0 aliphatic heterocycles. The van der Waals surface area contributed by atoms with E-state index in [2.05, 4.69) is 9.97 Å². The van der Waals surface area contributed by atoms with Gasteiger partial charge in [-0.25, -0.2) is 9.78 Å². The fraction of sp³-hybridized carbons (Fsp3) is 0.100. The number of hydrogen-bond acceptors (Lipinski definition) is 4. The summed E-state index contributed by atoms with van der Waals surface area (Å²) < 4.78 is 0. The zero-order chi connectivity index (χ0) is 10.8. The monoisotopic (exact) mass is 220 g/mol. The summed E-state index contributed by atoms with van der Waals surface area (Å²) in [4.78, 5) is 19.6. The van der Waals surface area contributed by atoms with Crippen molar-refractivity contribution in [2.24, 2.45) is 0 Å². The molecule has 0 unspecified atom stereocenters. The average Bonchev–Trinajstić information content (AvgIpc) is 2.62. The number of nitrogens with zero attached hydrogens (tertiary/aromatic N) is 2. The SMILES string of the molecule is Cc1nc(C(=O)O)c(-c2ccccn2)s1. The Bertz CT molecular complexity index is 493. The van der Waals surface area contributed by atoms with Crippen LogP contribution < -0.4 is 0 Å². The van der Waals surface area contributed by atoms with Crippen LogP contribution in [0.15, 0.2) is 24.4 Å². The summed E-state index contributed by atoms with van der Waals surface area (Å²) in [6.07, 6.45) is 1.63. The molecule has 0 fully saturated rings. The second kappa shape index (κ2) is 3.78. The first-order chi connectivity index (χ1) is 7.18. The van der Waals surface area contributed by atoms with Gasteiger partial charge in [-0.2, -0.15) is 0 Å². The quantitative estimate of drug-likeness (QED) is 0.842. The lowest BCUT2D eigenvalue weighted by Gasteiger charge is -1.96. The molecule has 0 atom stereocenters. The molecule has 15 heavy (non-hydrogen) atoms. The number of aromatic nitrogens is 2. The molecule has 0 amide bonds.